The van der Waals surface area contributed by atoms with Crippen molar-refractivity contribution < 1.29 is 13.5 Å². The molecule has 2 aromatic rings. The fourth-order valence-electron chi connectivity index (χ4n) is 1.67. The molecule has 2 rings (SSSR count). The van der Waals surface area contributed by atoms with Crippen molar-refractivity contribution in [3.05, 3.63) is 63.6 Å². The highest BCUT2D eigenvalue weighted by atomic mass is 79.9. The van der Waals surface area contributed by atoms with Gasteiger partial charge in [-0.1, -0.05) is 22.0 Å². The summed E-state index contributed by atoms with van der Waals surface area (Å²) >= 11 is 3.24. The van der Waals surface area contributed by atoms with Crippen molar-refractivity contribution in [2.24, 2.45) is 5.73 Å². The third kappa shape index (κ3) is 3.52. The Morgan fingerprint density at radius 1 is 1.05 bits per heavy atom. The van der Waals surface area contributed by atoms with Crippen LogP contribution in [0.1, 0.15) is 11.1 Å². The predicted molar refractivity (Wildman–Crippen MR) is 72.7 cm³/mol. The first kappa shape index (κ1) is 14.0. The Morgan fingerprint density at radius 2 is 1.84 bits per heavy atom. The van der Waals surface area contributed by atoms with Gasteiger partial charge in [0.1, 0.15) is 12.4 Å². The van der Waals surface area contributed by atoms with Crippen LogP contribution in [0.25, 0.3) is 0 Å². The zero-order valence-corrected chi connectivity index (χ0v) is 11.6. The Labute approximate surface area is 118 Å². The Hall–Kier alpha value is -1.46. The van der Waals surface area contributed by atoms with Crippen LogP contribution < -0.4 is 10.5 Å². The minimum atomic E-state index is -0.445. The molecule has 0 fully saturated rings. The van der Waals surface area contributed by atoms with Crippen LogP contribution in [-0.4, -0.2) is 0 Å². The number of rotatable bonds is 4. The van der Waals surface area contributed by atoms with E-state index in [4.69, 9.17) is 10.5 Å². The van der Waals surface area contributed by atoms with Gasteiger partial charge in [0.2, 0.25) is 0 Å². The minimum absolute atomic E-state index is 0.139. The van der Waals surface area contributed by atoms with Crippen molar-refractivity contribution in [1.29, 1.82) is 0 Å². The lowest BCUT2D eigenvalue weighted by atomic mass is 10.1. The largest absolute Gasteiger partial charge is 0.486 e. The van der Waals surface area contributed by atoms with Crippen molar-refractivity contribution in [3.63, 3.8) is 0 Å². The molecule has 2 aromatic carbocycles. The van der Waals surface area contributed by atoms with Crippen LogP contribution >= 0.6 is 15.9 Å². The van der Waals surface area contributed by atoms with Gasteiger partial charge in [-0.3, -0.25) is 0 Å². The fourth-order valence-corrected chi connectivity index (χ4v) is 2.01. The van der Waals surface area contributed by atoms with Gasteiger partial charge in [-0.15, -0.1) is 0 Å². The van der Waals surface area contributed by atoms with Gasteiger partial charge in [-0.25, -0.2) is 8.78 Å². The second-order valence-corrected chi connectivity index (χ2v) is 4.90. The highest BCUT2D eigenvalue weighted by Crippen LogP contribution is 2.23. The average Bonchev–Trinajstić information content (AvgIpc) is 2.40. The lowest BCUT2D eigenvalue weighted by Gasteiger charge is -2.11. The molecule has 0 aliphatic heterocycles. The summed E-state index contributed by atoms with van der Waals surface area (Å²) in [5, 5.41) is 0. The molecule has 0 aromatic heterocycles. The molecule has 100 valence electrons. The lowest BCUT2D eigenvalue weighted by Crippen LogP contribution is -2.06. The van der Waals surface area contributed by atoms with E-state index in [1.165, 1.54) is 18.2 Å². The number of hydrogen-bond donors (Lipinski definition) is 1. The molecule has 0 unspecified atom stereocenters. The third-order valence-electron chi connectivity index (χ3n) is 2.66. The summed E-state index contributed by atoms with van der Waals surface area (Å²) in [6, 6.07) is 8.72. The van der Waals surface area contributed by atoms with Crippen LogP contribution in [0.3, 0.4) is 0 Å². The summed E-state index contributed by atoms with van der Waals surface area (Å²) in [7, 11) is 0. The van der Waals surface area contributed by atoms with Crippen LogP contribution in [0.2, 0.25) is 0 Å². The predicted octanol–water partition coefficient (Wildman–Crippen LogP) is 3.77. The van der Waals surface area contributed by atoms with E-state index in [1.54, 1.807) is 18.2 Å². The minimum Gasteiger partial charge on any atom is -0.486 e. The normalized spacial score (nSPS) is 10.5. The lowest BCUT2D eigenvalue weighted by molar-refractivity contribution is 0.289. The molecular formula is C14H12BrF2NO. The van der Waals surface area contributed by atoms with E-state index >= 15 is 0 Å². The molecule has 0 saturated carbocycles. The van der Waals surface area contributed by atoms with Crippen LogP contribution in [0.4, 0.5) is 8.78 Å². The summed E-state index contributed by atoms with van der Waals surface area (Å²) in [4.78, 5) is 0. The van der Waals surface area contributed by atoms with Gasteiger partial charge in [0.15, 0.2) is 11.6 Å². The van der Waals surface area contributed by atoms with Crippen molar-refractivity contribution >= 4 is 15.9 Å². The highest BCUT2D eigenvalue weighted by molar-refractivity contribution is 9.10. The van der Waals surface area contributed by atoms with E-state index in [9.17, 15) is 8.78 Å². The first-order valence-corrected chi connectivity index (χ1v) is 6.44. The van der Waals surface area contributed by atoms with Gasteiger partial charge < -0.3 is 10.5 Å². The molecule has 0 radical (unpaired) electrons. The second kappa shape index (κ2) is 6.12. The maximum absolute atomic E-state index is 13.5. The fraction of sp³-hybridized carbons (Fsp3) is 0.143. The molecule has 5 heteroatoms. The van der Waals surface area contributed by atoms with Crippen LogP contribution in [0.15, 0.2) is 40.9 Å². The smallest absolute Gasteiger partial charge is 0.165 e. The Bertz CT molecular complexity index is 590. The van der Waals surface area contributed by atoms with E-state index in [-0.39, 0.29) is 24.7 Å². The first-order chi connectivity index (χ1) is 9.10. The molecule has 0 bridgehead atoms. The van der Waals surface area contributed by atoms with Crippen LogP contribution in [-0.2, 0) is 13.2 Å². The summed E-state index contributed by atoms with van der Waals surface area (Å²) < 4.78 is 32.7. The molecule has 0 saturated heterocycles. The van der Waals surface area contributed by atoms with E-state index in [2.05, 4.69) is 15.9 Å². The average molecular weight is 328 g/mol. The highest BCUT2D eigenvalue weighted by Gasteiger charge is 2.07. The summed E-state index contributed by atoms with van der Waals surface area (Å²) in [6.45, 7) is 0.345. The van der Waals surface area contributed by atoms with Gasteiger partial charge in [0.25, 0.3) is 0 Å². The number of benzene rings is 2. The third-order valence-corrected chi connectivity index (χ3v) is 3.16. The number of ether oxygens (including phenoxy) is 1. The van der Waals surface area contributed by atoms with Gasteiger partial charge in [-0.2, -0.15) is 0 Å². The van der Waals surface area contributed by atoms with E-state index in [0.717, 1.165) is 10.0 Å². The SMILES string of the molecule is NCc1cc(F)ccc1COc1cc(Br)ccc1F. The second-order valence-electron chi connectivity index (χ2n) is 3.98. The van der Waals surface area contributed by atoms with Gasteiger partial charge >= 0.3 is 0 Å². The van der Waals surface area contributed by atoms with Crippen molar-refractivity contribution in [3.8, 4) is 5.75 Å². The van der Waals surface area contributed by atoms with Crippen molar-refractivity contribution in [2.45, 2.75) is 13.2 Å². The zero-order valence-electron chi connectivity index (χ0n) is 10.00. The molecular weight excluding hydrogens is 316 g/mol. The number of hydrogen-bond acceptors (Lipinski definition) is 2. The molecule has 0 amide bonds. The monoisotopic (exact) mass is 327 g/mol. The van der Waals surface area contributed by atoms with Crippen LogP contribution in [0.5, 0.6) is 5.75 Å². The molecule has 2 nitrogen and oxygen atoms in total. The molecule has 0 heterocycles. The van der Waals surface area contributed by atoms with E-state index < -0.39 is 5.82 Å². The standard InChI is InChI=1S/C14H12BrF2NO/c15-11-2-4-13(17)14(6-11)19-8-9-1-3-12(16)5-10(9)7-18/h1-6H,7-8,18H2. The number of halogens is 3. The van der Waals surface area contributed by atoms with Gasteiger partial charge in [0.05, 0.1) is 0 Å². The zero-order chi connectivity index (χ0) is 13.8. The van der Waals surface area contributed by atoms with Gasteiger partial charge in [-0.05, 0) is 41.5 Å². The molecule has 19 heavy (non-hydrogen) atoms. The molecule has 2 N–H and O–H groups in total. The topological polar surface area (TPSA) is 35.2 Å². The number of nitrogens with two attached hydrogens (primary N) is 1. The Balaban J connectivity index is 2.16. The quantitative estimate of drug-likeness (QED) is 0.927. The van der Waals surface area contributed by atoms with E-state index in [0.29, 0.717) is 5.56 Å². The van der Waals surface area contributed by atoms with Gasteiger partial charge in [0, 0.05) is 11.0 Å². The Morgan fingerprint density at radius 3 is 2.58 bits per heavy atom. The van der Waals surface area contributed by atoms with Crippen molar-refractivity contribution in [2.75, 3.05) is 0 Å². The summed E-state index contributed by atoms with van der Waals surface area (Å²) in [5.41, 5.74) is 6.93. The van der Waals surface area contributed by atoms with Crippen molar-refractivity contribution in [1.82, 2.24) is 0 Å². The van der Waals surface area contributed by atoms with E-state index in [1.807, 2.05) is 0 Å². The Kier molecular flexibility index (Phi) is 4.50. The van der Waals surface area contributed by atoms with Crippen LogP contribution in [0, 0.1) is 11.6 Å². The molecule has 0 aliphatic carbocycles. The maximum Gasteiger partial charge on any atom is 0.165 e. The molecule has 0 aliphatic rings. The summed E-state index contributed by atoms with van der Waals surface area (Å²) in [6.07, 6.45) is 0. The maximum atomic E-state index is 13.5. The first-order valence-electron chi connectivity index (χ1n) is 5.65. The summed E-state index contributed by atoms with van der Waals surface area (Å²) in [5.74, 6) is -0.654. The molecule has 0 spiro atoms. The molecule has 0 atom stereocenters.